The van der Waals surface area contributed by atoms with Gasteiger partial charge in [0.25, 0.3) is 0 Å². The number of rotatable bonds is 2. The number of hydrogen-bond donors (Lipinski definition) is 2. The average Bonchev–Trinajstić information content (AvgIpc) is 2.83. The van der Waals surface area contributed by atoms with Gasteiger partial charge in [0, 0.05) is 11.8 Å². The summed E-state index contributed by atoms with van der Waals surface area (Å²) in [5.41, 5.74) is 7.76. The summed E-state index contributed by atoms with van der Waals surface area (Å²) in [4.78, 5) is 10.9. The van der Waals surface area contributed by atoms with E-state index in [0.29, 0.717) is 28.0 Å². The van der Waals surface area contributed by atoms with Crippen molar-refractivity contribution in [3.63, 3.8) is 0 Å². The zero-order chi connectivity index (χ0) is 15.0. The lowest BCUT2D eigenvalue weighted by atomic mass is 10.1. The summed E-state index contributed by atoms with van der Waals surface area (Å²) in [5.74, 6) is 0.0159. The summed E-state index contributed by atoms with van der Waals surface area (Å²) in [7, 11) is 0. The fourth-order valence-electron chi connectivity index (χ4n) is 2.05. The Kier molecular flexibility index (Phi) is 2.93. The van der Waals surface area contributed by atoms with E-state index in [1.807, 2.05) is 0 Å². The summed E-state index contributed by atoms with van der Waals surface area (Å²) < 4.78 is 40.2. The molecule has 1 aromatic carbocycles. The highest BCUT2D eigenvalue weighted by atomic mass is 19.4. The molecule has 0 saturated carbocycles. The number of hydrogen-bond acceptors (Lipinski definition) is 4. The van der Waals surface area contributed by atoms with E-state index in [-0.39, 0.29) is 5.75 Å². The van der Waals surface area contributed by atoms with Crippen LogP contribution < -0.4 is 10.5 Å². The maximum Gasteiger partial charge on any atom is 0.573 e. The zero-order valence-corrected chi connectivity index (χ0v) is 10.5. The smallest absolute Gasteiger partial charge is 0.406 e. The van der Waals surface area contributed by atoms with Crippen molar-refractivity contribution in [3.05, 3.63) is 36.8 Å². The minimum atomic E-state index is -4.71. The first kappa shape index (κ1) is 13.2. The molecule has 3 N–H and O–H groups in total. The number of fused-ring (bicyclic) bond motifs is 1. The van der Waals surface area contributed by atoms with Gasteiger partial charge in [0.2, 0.25) is 0 Å². The van der Waals surface area contributed by atoms with Crippen molar-refractivity contribution in [1.82, 2.24) is 15.0 Å². The third-order valence-corrected chi connectivity index (χ3v) is 2.90. The predicted octanol–water partition coefficient (Wildman–Crippen LogP) is 3.11. The molecule has 0 aliphatic heterocycles. The zero-order valence-electron chi connectivity index (χ0n) is 10.5. The first-order valence-corrected chi connectivity index (χ1v) is 5.88. The monoisotopic (exact) mass is 294 g/mol. The molecule has 3 rings (SSSR count). The van der Waals surface area contributed by atoms with Crippen LogP contribution in [0.1, 0.15) is 0 Å². The number of halogens is 3. The fourth-order valence-corrected chi connectivity index (χ4v) is 2.05. The molecular weight excluding hydrogens is 285 g/mol. The summed E-state index contributed by atoms with van der Waals surface area (Å²) in [6.45, 7) is 0. The van der Waals surface area contributed by atoms with E-state index in [9.17, 15) is 13.2 Å². The molecule has 5 nitrogen and oxygen atoms in total. The van der Waals surface area contributed by atoms with Crippen LogP contribution in [0, 0.1) is 0 Å². The Balaban J connectivity index is 2.00. The Morgan fingerprint density at radius 3 is 2.48 bits per heavy atom. The van der Waals surface area contributed by atoms with E-state index in [2.05, 4.69) is 19.7 Å². The van der Waals surface area contributed by atoms with Crippen LogP contribution in [0.4, 0.5) is 19.0 Å². The number of nitrogen functional groups attached to an aromatic ring is 1. The SMILES string of the molecule is Nc1ncnc2[nH]cc(-c3ccc(OC(F)(F)F)cc3)c12. The Morgan fingerprint density at radius 2 is 1.81 bits per heavy atom. The number of H-pyrrole nitrogens is 1. The number of benzene rings is 1. The van der Waals surface area contributed by atoms with Gasteiger partial charge >= 0.3 is 6.36 Å². The molecule has 0 spiro atoms. The molecular formula is C13H9F3N4O. The van der Waals surface area contributed by atoms with Crippen LogP contribution in [0.25, 0.3) is 22.2 Å². The third kappa shape index (κ3) is 2.60. The largest absolute Gasteiger partial charge is 0.573 e. The maximum absolute atomic E-state index is 12.1. The molecule has 2 aromatic heterocycles. The molecule has 0 bridgehead atoms. The number of aromatic amines is 1. The van der Waals surface area contributed by atoms with Crippen LogP contribution in [0.15, 0.2) is 36.8 Å². The van der Waals surface area contributed by atoms with Gasteiger partial charge < -0.3 is 15.5 Å². The van der Waals surface area contributed by atoms with E-state index >= 15 is 0 Å². The van der Waals surface area contributed by atoms with Crippen molar-refractivity contribution in [2.45, 2.75) is 6.36 Å². The van der Waals surface area contributed by atoms with E-state index in [1.54, 1.807) is 6.20 Å². The van der Waals surface area contributed by atoms with Crippen molar-refractivity contribution in [3.8, 4) is 16.9 Å². The van der Waals surface area contributed by atoms with Crippen LogP contribution in [-0.4, -0.2) is 21.3 Å². The van der Waals surface area contributed by atoms with Crippen molar-refractivity contribution in [1.29, 1.82) is 0 Å². The predicted molar refractivity (Wildman–Crippen MR) is 70.4 cm³/mol. The molecule has 0 fully saturated rings. The van der Waals surface area contributed by atoms with Crippen LogP contribution >= 0.6 is 0 Å². The standard InChI is InChI=1S/C13H9F3N4O/c14-13(15,16)21-8-3-1-7(2-4-8)9-5-18-12-10(9)11(17)19-6-20-12/h1-6H,(H3,17,18,19,20). The van der Waals surface area contributed by atoms with Crippen LogP contribution in [0.3, 0.4) is 0 Å². The van der Waals surface area contributed by atoms with Crippen LogP contribution in [0.5, 0.6) is 5.75 Å². The average molecular weight is 294 g/mol. The number of nitrogens with one attached hydrogen (secondary N) is 1. The molecule has 0 aliphatic carbocycles. The molecule has 8 heteroatoms. The lowest BCUT2D eigenvalue weighted by Crippen LogP contribution is -2.16. The van der Waals surface area contributed by atoms with Gasteiger partial charge in [0.05, 0.1) is 5.39 Å². The highest BCUT2D eigenvalue weighted by molar-refractivity contribution is 6.00. The van der Waals surface area contributed by atoms with Crippen LogP contribution in [0.2, 0.25) is 0 Å². The number of anilines is 1. The molecule has 2 heterocycles. The molecule has 0 unspecified atom stereocenters. The summed E-state index contributed by atoms with van der Waals surface area (Å²) >= 11 is 0. The number of alkyl halides is 3. The molecule has 0 amide bonds. The maximum atomic E-state index is 12.1. The van der Waals surface area contributed by atoms with Gasteiger partial charge in [-0.15, -0.1) is 13.2 Å². The van der Waals surface area contributed by atoms with Gasteiger partial charge in [0.15, 0.2) is 0 Å². The summed E-state index contributed by atoms with van der Waals surface area (Å²) in [6.07, 6.45) is -1.70. The Labute approximate surface area is 116 Å². The van der Waals surface area contributed by atoms with E-state index in [4.69, 9.17) is 5.73 Å². The Morgan fingerprint density at radius 1 is 1.10 bits per heavy atom. The van der Waals surface area contributed by atoms with Crippen molar-refractivity contribution < 1.29 is 17.9 Å². The Hall–Kier alpha value is -2.77. The van der Waals surface area contributed by atoms with Gasteiger partial charge in [-0.2, -0.15) is 0 Å². The first-order valence-electron chi connectivity index (χ1n) is 5.88. The molecule has 0 atom stereocenters. The number of nitrogens with two attached hydrogens (primary N) is 1. The van der Waals surface area contributed by atoms with Gasteiger partial charge in [-0.25, -0.2) is 9.97 Å². The topological polar surface area (TPSA) is 76.8 Å². The molecule has 0 radical (unpaired) electrons. The number of nitrogens with zero attached hydrogens (tertiary/aromatic N) is 2. The molecule has 21 heavy (non-hydrogen) atoms. The second-order valence-corrected chi connectivity index (χ2v) is 4.26. The second-order valence-electron chi connectivity index (χ2n) is 4.26. The normalized spacial score (nSPS) is 11.8. The van der Waals surface area contributed by atoms with E-state index < -0.39 is 6.36 Å². The molecule has 0 aliphatic rings. The van der Waals surface area contributed by atoms with Gasteiger partial charge in [-0.05, 0) is 17.7 Å². The molecule has 0 saturated heterocycles. The minimum absolute atomic E-state index is 0.282. The Bertz CT molecular complexity index is 780. The highest BCUT2D eigenvalue weighted by Gasteiger charge is 2.31. The van der Waals surface area contributed by atoms with Crippen molar-refractivity contribution in [2.24, 2.45) is 0 Å². The van der Waals surface area contributed by atoms with Crippen molar-refractivity contribution in [2.75, 3.05) is 5.73 Å². The summed E-state index contributed by atoms with van der Waals surface area (Å²) in [6, 6.07) is 5.50. The van der Waals surface area contributed by atoms with Gasteiger partial charge in [-0.3, -0.25) is 0 Å². The van der Waals surface area contributed by atoms with Crippen LogP contribution in [-0.2, 0) is 0 Å². The lowest BCUT2D eigenvalue weighted by molar-refractivity contribution is -0.274. The minimum Gasteiger partial charge on any atom is -0.406 e. The molecule has 3 aromatic rings. The third-order valence-electron chi connectivity index (χ3n) is 2.90. The van der Waals surface area contributed by atoms with Crippen molar-refractivity contribution >= 4 is 16.9 Å². The van der Waals surface area contributed by atoms with Gasteiger partial charge in [0.1, 0.15) is 23.5 Å². The van der Waals surface area contributed by atoms with E-state index in [1.165, 1.54) is 30.6 Å². The fraction of sp³-hybridized carbons (Fsp3) is 0.0769. The highest BCUT2D eigenvalue weighted by Crippen LogP contribution is 2.32. The molecule has 108 valence electrons. The van der Waals surface area contributed by atoms with E-state index in [0.717, 1.165) is 0 Å². The second kappa shape index (κ2) is 4.65. The summed E-state index contributed by atoms with van der Waals surface area (Å²) in [5, 5.41) is 0.627. The number of aromatic nitrogens is 3. The first-order chi connectivity index (χ1) is 9.94. The quantitative estimate of drug-likeness (QED) is 0.761. The number of ether oxygens (including phenoxy) is 1. The lowest BCUT2D eigenvalue weighted by Gasteiger charge is -2.09. The van der Waals surface area contributed by atoms with Gasteiger partial charge in [-0.1, -0.05) is 12.1 Å².